The smallest absolute Gasteiger partial charge is 0.246 e. The standard InChI is InChI=1S/C27H31N3O4/c1-17(2)34-13-7-12-29-16-24(31)30-23(27(29)32)15-21-20-10-4-5-11-22(20)28-25(21)26(30)18-8-6-9-19(14-18)33-3/h4-6,8-11,14,17,23,26,28H,7,12-13,15-16H2,1-3H3/t23-,26+/m0/s1. The van der Waals surface area contributed by atoms with Crippen LogP contribution in [0.1, 0.15) is 43.1 Å². The number of piperazine rings is 1. The van der Waals surface area contributed by atoms with Gasteiger partial charge in [-0.15, -0.1) is 0 Å². The maximum atomic E-state index is 13.7. The average Bonchev–Trinajstić information content (AvgIpc) is 3.21. The number of methoxy groups -OCH3 is 1. The number of fused-ring (bicyclic) bond motifs is 4. The van der Waals surface area contributed by atoms with Crippen molar-refractivity contribution in [3.8, 4) is 5.75 Å². The number of hydrogen-bond acceptors (Lipinski definition) is 4. The number of benzene rings is 2. The SMILES string of the molecule is COc1cccc([C@@H]2c3[nH]c4ccccc4c3C[C@H]3C(=O)N(CCCOC(C)C)CC(=O)N23)c1. The minimum absolute atomic E-state index is 0.00738. The van der Waals surface area contributed by atoms with Crippen LogP contribution in [-0.2, 0) is 20.7 Å². The molecule has 1 N–H and O–H groups in total. The van der Waals surface area contributed by atoms with E-state index in [-0.39, 0.29) is 30.5 Å². The van der Waals surface area contributed by atoms with Crippen LogP contribution in [0.25, 0.3) is 10.9 Å². The molecule has 3 heterocycles. The molecule has 34 heavy (non-hydrogen) atoms. The van der Waals surface area contributed by atoms with Gasteiger partial charge in [0.15, 0.2) is 0 Å². The number of aromatic amines is 1. The van der Waals surface area contributed by atoms with Crippen LogP contribution in [0.5, 0.6) is 5.75 Å². The number of para-hydroxylation sites is 1. The Kier molecular flexibility index (Phi) is 6.04. The predicted octanol–water partition coefficient (Wildman–Crippen LogP) is 3.68. The molecule has 0 unspecified atom stereocenters. The highest BCUT2D eigenvalue weighted by molar-refractivity contribution is 5.97. The van der Waals surface area contributed by atoms with Crippen molar-refractivity contribution in [3.63, 3.8) is 0 Å². The Bertz CT molecular complexity index is 1220. The Hall–Kier alpha value is -3.32. The molecule has 2 aromatic carbocycles. The molecule has 2 aliphatic heterocycles. The van der Waals surface area contributed by atoms with Crippen molar-refractivity contribution >= 4 is 22.7 Å². The lowest BCUT2D eigenvalue weighted by Gasteiger charge is -2.47. The molecular formula is C27H31N3O4. The maximum Gasteiger partial charge on any atom is 0.246 e. The van der Waals surface area contributed by atoms with Crippen LogP contribution in [0, 0.1) is 0 Å². The molecule has 2 atom stereocenters. The van der Waals surface area contributed by atoms with E-state index in [1.165, 1.54) is 0 Å². The van der Waals surface area contributed by atoms with Crippen LogP contribution in [0.15, 0.2) is 48.5 Å². The van der Waals surface area contributed by atoms with Gasteiger partial charge in [-0.05, 0) is 49.6 Å². The van der Waals surface area contributed by atoms with Gasteiger partial charge in [0, 0.05) is 36.2 Å². The van der Waals surface area contributed by atoms with Crippen molar-refractivity contribution < 1.29 is 19.1 Å². The molecule has 0 radical (unpaired) electrons. The van der Waals surface area contributed by atoms with Crippen molar-refractivity contribution in [2.24, 2.45) is 0 Å². The van der Waals surface area contributed by atoms with Gasteiger partial charge in [-0.25, -0.2) is 0 Å². The van der Waals surface area contributed by atoms with E-state index in [1.807, 2.05) is 56.3 Å². The first kappa shape index (κ1) is 22.5. The van der Waals surface area contributed by atoms with Crippen molar-refractivity contribution in [1.29, 1.82) is 0 Å². The first-order valence-corrected chi connectivity index (χ1v) is 11.9. The molecule has 1 fully saturated rings. The third kappa shape index (κ3) is 3.94. The molecule has 1 aromatic heterocycles. The second-order valence-corrected chi connectivity index (χ2v) is 9.30. The van der Waals surface area contributed by atoms with Crippen LogP contribution in [-0.4, -0.2) is 65.6 Å². The number of carbonyl (C=O) groups excluding carboxylic acids is 2. The molecule has 2 aliphatic rings. The summed E-state index contributed by atoms with van der Waals surface area (Å²) in [7, 11) is 1.63. The Morgan fingerprint density at radius 1 is 1.12 bits per heavy atom. The number of ether oxygens (including phenoxy) is 2. The van der Waals surface area contributed by atoms with Gasteiger partial charge in [-0.2, -0.15) is 0 Å². The molecular weight excluding hydrogens is 430 g/mol. The summed E-state index contributed by atoms with van der Waals surface area (Å²) in [5.41, 5.74) is 4.03. The van der Waals surface area contributed by atoms with Crippen molar-refractivity contribution in [2.45, 2.75) is 44.9 Å². The van der Waals surface area contributed by atoms with Crippen LogP contribution in [0.3, 0.4) is 0 Å². The number of rotatable bonds is 7. The minimum atomic E-state index is -0.532. The summed E-state index contributed by atoms with van der Waals surface area (Å²) >= 11 is 0. The molecule has 178 valence electrons. The fourth-order valence-electron chi connectivity index (χ4n) is 5.25. The van der Waals surface area contributed by atoms with Gasteiger partial charge >= 0.3 is 0 Å². The summed E-state index contributed by atoms with van der Waals surface area (Å²) in [5.74, 6) is 0.694. The zero-order chi connectivity index (χ0) is 23.8. The summed E-state index contributed by atoms with van der Waals surface area (Å²) < 4.78 is 11.1. The summed E-state index contributed by atoms with van der Waals surface area (Å²) in [4.78, 5) is 34.3. The Morgan fingerprint density at radius 2 is 1.94 bits per heavy atom. The van der Waals surface area contributed by atoms with E-state index in [0.717, 1.165) is 33.5 Å². The molecule has 7 nitrogen and oxygen atoms in total. The van der Waals surface area contributed by atoms with E-state index in [2.05, 4.69) is 11.1 Å². The molecule has 7 heteroatoms. The maximum absolute atomic E-state index is 13.7. The number of aromatic nitrogens is 1. The second kappa shape index (κ2) is 9.14. The zero-order valence-corrected chi connectivity index (χ0v) is 19.9. The summed E-state index contributed by atoms with van der Waals surface area (Å²) in [5, 5.41) is 1.10. The lowest BCUT2D eigenvalue weighted by molar-refractivity contribution is -0.158. The van der Waals surface area contributed by atoms with Gasteiger partial charge in [0.25, 0.3) is 0 Å². The molecule has 0 saturated carbocycles. The fourth-order valence-corrected chi connectivity index (χ4v) is 5.25. The minimum Gasteiger partial charge on any atom is -0.497 e. The van der Waals surface area contributed by atoms with Crippen molar-refractivity contribution in [3.05, 3.63) is 65.4 Å². The van der Waals surface area contributed by atoms with Gasteiger partial charge in [0.2, 0.25) is 11.8 Å². The Morgan fingerprint density at radius 3 is 2.74 bits per heavy atom. The highest BCUT2D eigenvalue weighted by atomic mass is 16.5. The summed E-state index contributed by atoms with van der Waals surface area (Å²) in [6.07, 6.45) is 1.36. The first-order valence-electron chi connectivity index (χ1n) is 11.9. The van der Waals surface area contributed by atoms with Gasteiger partial charge in [0.1, 0.15) is 11.8 Å². The molecule has 5 rings (SSSR count). The van der Waals surface area contributed by atoms with E-state index < -0.39 is 6.04 Å². The van der Waals surface area contributed by atoms with Crippen molar-refractivity contribution in [2.75, 3.05) is 26.8 Å². The Labute approximate surface area is 199 Å². The number of amides is 2. The van der Waals surface area contributed by atoms with E-state index >= 15 is 0 Å². The van der Waals surface area contributed by atoms with Crippen LogP contribution in [0.2, 0.25) is 0 Å². The number of nitrogens with one attached hydrogen (secondary N) is 1. The van der Waals surface area contributed by atoms with Gasteiger partial charge in [-0.3, -0.25) is 9.59 Å². The van der Waals surface area contributed by atoms with Gasteiger partial charge in [0.05, 0.1) is 25.8 Å². The van der Waals surface area contributed by atoms with E-state index in [1.54, 1.807) is 16.9 Å². The molecule has 0 aliphatic carbocycles. The van der Waals surface area contributed by atoms with Gasteiger partial charge < -0.3 is 24.3 Å². The first-order chi connectivity index (χ1) is 16.5. The monoisotopic (exact) mass is 461 g/mol. The molecule has 3 aromatic rings. The predicted molar refractivity (Wildman–Crippen MR) is 130 cm³/mol. The molecule has 0 bridgehead atoms. The quantitative estimate of drug-likeness (QED) is 0.545. The lowest BCUT2D eigenvalue weighted by atomic mass is 9.86. The summed E-state index contributed by atoms with van der Waals surface area (Å²) in [6, 6.07) is 15.0. The largest absolute Gasteiger partial charge is 0.497 e. The van der Waals surface area contributed by atoms with Crippen LogP contribution < -0.4 is 4.74 Å². The summed E-state index contributed by atoms with van der Waals surface area (Å²) in [6.45, 7) is 5.17. The third-order valence-corrected chi connectivity index (χ3v) is 6.78. The highest BCUT2D eigenvalue weighted by Crippen LogP contribution is 2.43. The number of hydrogen-bond donors (Lipinski definition) is 1. The number of H-pyrrole nitrogens is 1. The highest BCUT2D eigenvalue weighted by Gasteiger charge is 2.48. The van der Waals surface area contributed by atoms with Crippen molar-refractivity contribution in [1.82, 2.24) is 14.8 Å². The van der Waals surface area contributed by atoms with E-state index in [4.69, 9.17) is 9.47 Å². The zero-order valence-electron chi connectivity index (χ0n) is 19.9. The molecule has 0 spiro atoms. The molecule has 2 amide bonds. The van der Waals surface area contributed by atoms with E-state index in [0.29, 0.717) is 26.0 Å². The fraction of sp³-hybridized carbons (Fsp3) is 0.407. The van der Waals surface area contributed by atoms with Gasteiger partial charge in [-0.1, -0.05) is 30.3 Å². The van der Waals surface area contributed by atoms with E-state index in [9.17, 15) is 9.59 Å². The number of nitrogens with zero attached hydrogens (tertiary/aromatic N) is 2. The topological polar surface area (TPSA) is 74.9 Å². The normalized spacial score (nSPS) is 20.1. The average molecular weight is 462 g/mol. The molecule has 1 saturated heterocycles. The van der Waals surface area contributed by atoms with Crippen LogP contribution >= 0.6 is 0 Å². The Balaban J connectivity index is 1.54. The number of carbonyl (C=O) groups is 2. The second-order valence-electron chi connectivity index (χ2n) is 9.30. The lowest BCUT2D eigenvalue weighted by Crippen LogP contribution is -2.63. The third-order valence-electron chi connectivity index (χ3n) is 6.78. The van der Waals surface area contributed by atoms with Crippen LogP contribution in [0.4, 0.5) is 0 Å².